The molecule has 0 saturated carbocycles. The summed E-state index contributed by atoms with van der Waals surface area (Å²) in [5, 5.41) is 0. The molecular weight excluding hydrogens is 216 g/mol. The van der Waals surface area contributed by atoms with E-state index in [-0.39, 0.29) is 11.9 Å². The van der Waals surface area contributed by atoms with E-state index in [0.29, 0.717) is 6.54 Å². The molecule has 0 bridgehead atoms. The molecule has 4 heteroatoms. The van der Waals surface area contributed by atoms with E-state index in [4.69, 9.17) is 10.2 Å². The molecule has 1 amide bonds. The third kappa shape index (κ3) is 3.89. The quantitative estimate of drug-likeness (QED) is 0.825. The maximum Gasteiger partial charge on any atom is 0.239 e. The first-order chi connectivity index (χ1) is 8.06. The van der Waals surface area contributed by atoms with Crippen LogP contribution in [0.2, 0.25) is 0 Å². The normalized spacial score (nSPS) is 12.5. The summed E-state index contributed by atoms with van der Waals surface area (Å²) in [5.41, 5.74) is 6.89. The van der Waals surface area contributed by atoms with Gasteiger partial charge in [0, 0.05) is 19.2 Å². The lowest BCUT2D eigenvalue weighted by Crippen LogP contribution is -2.41. The number of nitrogens with zero attached hydrogens (tertiary/aromatic N) is 1. The van der Waals surface area contributed by atoms with E-state index in [1.54, 1.807) is 18.2 Å². The van der Waals surface area contributed by atoms with Crippen LogP contribution >= 0.6 is 0 Å². The van der Waals surface area contributed by atoms with Crippen molar-refractivity contribution in [3.63, 3.8) is 0 Å². The molecule has 0 fully saturated rings. The molecular formula is C13H22N2O2. The highest BCUT2D eigenvalue weighted by atomic mass is 16.3. The smallest absolute Gasteiger partial charge is 0.239 e. The summed E-state index contributed by atoms with van der Waals surface area (Å²) in [6.45, 7) is 4.54. The van der Waals surface area contributed by atoms with Crippen molar-refractivity contribution in [2.24, 2.45) is 5.73 Å². The molecule has 0 aromatic carbocycles. The Kier molecular flexibility index (Phi) is 5.22. The number of likely N-dealkylation sites (N-methyl/N-ethyl adjacent to an activating group) is 1. The van der Waals surface area contributed by atoms with Gasteiger partial charge in [0.25, 0.3) is 0 Å². The highest BCUT2D eigenvalue weighted by molar-refractivity contribution is 5.81. The molecule has 0 unspecified atom stereocenters. The second-order valence-electron chi connectivity index (χ2n) is 4.45. The molecule has 0 aliphatic rings. The van der Waals surface area contributed by atoms with E-state index in [9.17, 15) is 4.79 Å². The first kappa shape index (κ1) is 13.8. The van der Waals surface area contributed by atoms with Crippen LogP contribution in [0.15, 0.2) is 16.7 Å². The summed E-state index contributed by atoms with van der Waals surface area (Å²) < 4.78 is 5.20. The van der Waals surface area contributed by atoms with Crippen molar-refractivity contribution in [1.29, 1.82) is 0 Å². The molecule has 0 saturated heterocycles. The Balaban J connectivity index is 2.49. The van der Waals surface area contributed by atoms with Crippen LogP contribution in [-0.4, -0.2) is 23.9 Å². The van der Waals surface area contributed by atoms with Crippen LogP contribution in [0.4, 0.5) is 0 Å². The molecule has 1 atom stereocenters. The average molecular weight is 238 g/mol. The lowest BCUT2D eigenvalue weighted by molar-refractivity contribution is -0.132. The number of nitrogens with two attached hydrogens (primary N) is 1. The molecule has 96 valence electrons. The van der Waals surface area contributed by atoms with Gasteiger partial charge in [0.1, 0.15) is 5.76 Å². The van der Waals surface area contributed by atoms with Gasteiger partial charge in [0.15, 0.2) is 0 Å². The Morgan fingerprint density at radius 3 is 2.82 bits per heavy atom. The van der Waals surface area contributed by atoms with E-state index in [1.165, 1.54) is 0 Å². The lowest BCUT2D eigenvalue weighted by atomic mass is 10.1. The minimum absolute atomic E-state index is 0.000880. The van der Waals surface area contributed by atoms with Crippen LogP contribution < -0.4 is 5.73 Å². The van der Waals surface area contributed by atoms with Gasteiger partial charge in [-0.1, -0.05) is 19.8 Å². The summed E-state index contributed by atoms with van der Waals surface area (Å²) >= 11 is 0. The minimum atomic E-state index is -0.382. The van der Waals surface area contributed by atoms with Crippen molar-refractivity contribution in [1.82, 2.24) is 4.90 Å². The molecule has 1 aromatic heterocycles. The van der Waals surface area contributed by atoms with Crippen molar-refractivity contribution >= 4 is 5.91 Å². The Labute approximate surface area is 103 Å². The number of aryl methyl sites for hydroxylation is 1. The SMILES string of the molecule is CCCC[C@H](N)C(=O)N(C)Cc1ccoc1C. The number of unbranched alkanes of at least 4 members (excludes halogenated alkanes) is 1. The highest BCUT2D eigenvalue weighted by Crippen LogP contribution is 2.12. The Morgan fingerprint density at radius 1 is 1.59 bits per heavy atom. The summed E-state index contributed by atoms with van der Waals surface area (Å²) in [4.78, 5) is 13.6. The van der Waals surface area contributed by atoms with Gasteiger partial charge in [-0.3, -0.25) is 4.79 Å². The molecule has 4 nitrogen and oxygen atoms in total. The maximum atomic E-state index is 12.0. The van der Waals surface area contributed by atoms with Gasteiger partial charge >= 0.3 is 0 Å². The van der Waals surface area contributed by atoms with E-state index in [0.717, 1.165) is 30.6 Å². The zero-order chi connectivity index (χ0) is 12.8. The Morgan fingerprint density at radius 2 is 2.29 bits per heavy atom. The fourth-order valence-corrected chi connectivity index (χ4v) is 1.74. The van der Waals surface area contributed by atoms with Gasteiger partial charge in [0.05, 0.1) is 12.3 Å². The van der Waals surface area contributed by atoms with Gasteiger partial charge in [-0.05, 0) is 19.4 Å². The third-order valence-electron chi connectivity index (χ3n) is 2.94. The van der Waals surface area contributed by atoms with Gasteiger partial charge < -0.3 is 15.1 Å². The Hall–Kier alpha value is -1.29. The number of rotatable bonds is 6. The van der Waals surface area contributed by atoms with Crippen molar-refractivity contribution in [3.8, 4) is 0 Å². The monoisotopic (exact) mass is 238 g/mol. The molecule has 0 spiro atoms. The topological polar surface area (TPSA) is 59.5 Å². The zero-order valence-corrected chi connectivity index (χ0v) is 10.9. The number of carbonyl (C=O) groups excluding carboxylic acids is 1. The number of hydrogen-bond acceptors (Lipinski definition) is 3. The predicted molar refractivity (Wildman–Crippen MR) is 67.4 cm³/mol. The van der Waals surface area contributed by atoms with Gasteiger partial charge in [-0.2, -0.15) is 0 Å². The zero-order valence-electron chi connectivity index (χ0n) is 10.9. The van der Waals surface area contributed by atoms with Gasteiger partial charge in [0.2, 0.25) is 5.91 Å². The van der Waals surface area contributed by atoms with Crippen molar-refractivity contribution in [3.05, 3.63) is 23.7 Å². The van der Waals surface area contributed by atoms with Crippen LogP contribution in [0, 0.1) is 6.92 Å². The fraction of sp³-hybridized carbons (Fsp3) is 0.615. The molecule has 1 aromatic rings. The molecule has 17 heavy (non-hydrogen) atoms. The van der Waals surface area contributed by atoms with E-state index in [2.05, 4.69) is 6.92 Å². The Bertz CT molecular complexity index is 360. The predicted octanol–water partition coefficient (Wildman–Crippen LogP) is 2.06. The van der Waals surface area contributed by atoms with Gasteiger partial charge in [-0.15, -0.1) is 0 Å². The van der Waals surface area contributed by atoms with Crippen molar-refractivity contribution < 1.29 is 9.21 Å². The second-order valence-corrected chi connectivity index (χ2v) is 4.45. The molecule has 0 radical (unpaired) electrons. The molecule has 1 rings (SSSR count). The van der Waals surface area contributed by atoms with Crippen molar-refractivity contribution in [2.75, 3.05) is 7.05 Å². The average Bonchev–Trinajstić information content (AvgIpc) is 2.70. The lowest BCUT2D eigenvalue weighted by Gasteiger charge is -2.21. The first-order valence-electron chi connectivity index (χ1n) is 6.09. The fourth-order valence-electron chi connectivity index (χ4n) is 1.74. The number of furan rings is 1. The van der Waals surface area contributed by atoms with E-state index < -0.39 is 0 Å². The summed E-state index contributed by atoms with van der Waals surface area (Å²) in [5.74, 6) is 0.853. The number of carbonyl (C=O) groups is 1. The van der Waals surface area contributed by atoms with Crippen LogP contribution in [0.1, 0.15) is 37.5 Å². The number of amides is 1. The largest absolute Gasteiger partial charge is 0.469 e. The van der Waals surface area contributed by atoms with Crippen LogP contribution in [-0.2, 0) is 11.3 Å². The third-order valence-corrected chi connectivity index (χ3v) is 2.94. The minimum Gasteiger partial charge on any atom is -0.469 e. The van der Waals surface area contributed by atoms with Gasteiger partial charge in [-0.25, -0.2) is 0 Å². The molecule has 1 heterocycles. The molecule has 0 aliphatic heterocycles. The maximum absolute atomic E-state index is 12.0. The number of hydrogen-bond donors (Lipinski definition) is 1. The van der Waals surface area contributed by atoms with E-state index in [1.807, 2.05) is 13.0 Å². The first-order valence-corrected chi connectivity index (χ1v) is 6.09. The molecule has 2 N–H and O–H groups in total. The molecule has 0 aliphatic carbocycles. The van der Waals surface area contributed by atoms with Crippen LogP contribution in [0.3, 0.4) is 0 Å². The van der Waals surface area contributed by atoms with Crippen LogP contribution in [0.25, 0.3) is 0 Å². The summed E-state index contributed by atoms with van der Waals surface area (Å²) in [6, 6.07) is 1.50. The van der Waals surface area contributed by atoms with Crippen molar-refractivity contribution in [2.45, 2.75) is 45.7 Å². The standard InChI is InChI=1S/C13H22N2O2/c1-4-5-6-12(14)13(16)15(3)9-11-7-8-17-10(11)2/h7-8,12H,4-6,9,14H2,1-3H3/t12-/m0/s1. The highest BCUT2D eigenvalue weighted by Gasteiger charge is 2.18. The summed E-state index contributed by atoms with van der Waals surface area (Å²) in [7, 11) is 1.78. The second kappa shape index (κ2) is 6.45. The summed E-state index contributed by atoms with van der Waals surface area (Å²) in [6.07, 6.45) is 4.45. The van der Waals surface area contributed by atoms with Crippen LogP contribution in [0.5, 0.6) is 0 Å². The van der Waals surface area contributed by atoms with E-state index >= 15 is 0 Å².